The predicted octanol–water partition coefficient (Wildman–Crippen LogP) is 2.04. The Morgan fingerprint density at radius 1 is 1.35 bits per heavy atom. The first-order valence-corrected chi connectivity index (χ1v) is 7.45. The lowest BCUT2D eigenvalue weighted by atomic mass is 10.0. The Bertz CT molecular complexity index is 878. The lowest BCUT2D eigenvalue weighted by molar-refractivity contribution is -0.137. The number of imidazole rings is 1. The second-order valence-electron chi connectivity index (χ2n) is 5.89. The fourth-order valence-electron chi connectivity index (χ4n) is 2.55. The molecule has 0 radical (unpaired) electrons. The summed E-state index contributed by atoms with van der Waals surface area (Å²) >= 11 is 0. The number of hydrogen-bond donors (Lipinski definition) is 3. The van der Waals surface area contributed by atoms with Crippen LogP contribution in [0.15, 0.2) is 30.3 Å². The Labute approximate surface area is 132 Å². The van der Waals surface area contributed by atoms with Crippen LogP contribution in [0.25, 0.3) is 16.7 Å². The van der Waals surface area contributed by atoms with Crippen molar-refractivity contribution in [2.75, 3.05) is 0 Å². The highest BCUT2D eigenvalue weighted by molar-refractivity contribution is 5.94. The Morgan fingerprint density at radius 2 is 2.09 bits per heavy atom. The van der Waals surface area contributed by atoms with Crippen LogP contribution >= 0.6 is 0 Å². The van der Waals surface area contributed by atoms with Gasteiger partial charge in [0.25, 0.3) is 5.91 Å². The average Bonchev–Trinajstić information content (AvgIpc) is 3.03. The number of rotatable bonds is 5. The van der Waals surface area contributed by atoms with Gasteiger partial charge in [-0.15, -0.1) is 0 Å². The number of nitrogens with zero attached hydrogens (tertiary/aromatic N) is 2. The van der Waals surface area contributed by atoms with Gasteiger partial charge >= 0.3 is 5.97 Å². The molecule has 0 aliphatic rings. The van der Waals surface area contributed by atoms with Crippen molar-refractivity contribution < 1.29 is 14.7 Å². The van der Waals surface area contributed by atoms with E-state index in [4.69, 9.17) is 5.11 Å². The summed E-state index contributed by atoms with van der Waals surface area (Å²) in [5.41, 5.74) is 2.80. The number of para-hydroxylation sites is 2. The lowest BCUT2D eigenvalue weighted by Crippen LogP contribution is -2.40. The predicted molar refractivity (Wildman–Crippen MR) is 85.4 cm³/mol. The van der Waals surface area contributed by atoms with Gasteiger partial charge in [0.05, 0.1) is 17.5 Å². The largest absolute Gasteiger partial charge is 0.481 e. The maximum Gasteiger partial charge on any atom is 0.305 e. The van der Waals surface area contributed by atoms with Crippen molar-refractivity contribution >= 4 is 28.6 Å². The van der Waals surface area contributed by atoms with E-state index in [0.717, 1.165) is 16.7 Å². The molecule has 2 aromatic heterocycles. The van der Waals surface area contributed by atoms with Crippen LogP contribution in [0.3, 0.4) is 0 Å². The molecule has 0 aliphatic heterocycles. The number of hydrogen-bond acceptors (Lipinski definition) is 3. The molecular formula is C16H18N4O3. The van der Waals surface area contributed by atoms with E-state index in [2.05, 4.69) is 15.4 Å². The van der Waals surface area contributed by atoms with Gasteiger partial charge in [0.2, 0.25) is 0 Å². The maximum absolute atomic E-state index is 12.4. The average molecular weight is 314 g/mol. The number of carboxylic acid groups (broad SMARTS) is 1. The Hall–Kier alpha value is -2.83. The van der Waals surface area contributed by atoms with Gasteiger partial charge in [0.15, 0.2) is 5.69 Å². The Morgan fingerprint density at radius 3 is 2.78 bits per heavy atom. The Balaban J connectivity index is 1.87. The smallest absolute Gasteiger partial charge is 0.305 e. The van der Waals surface area contributed by atoms with Crippen LogP contribution in [-0.4, -0.2) is 37.6 Å². The van der Waals surface area contributed by atoms with Crippen LogP contribution in [-0.2, 0) is 4.79 Å². The van der Waals surface area contributed by atoms with Crippen LogP contribution in [0.1, 0.15) is 30.8 Å². The highest BCUT2D eigenvalue weighted by Gasteiger charge is 2.22. The number of nitrogens with one attached hydrogen (secondary N) is 2. The molecule has 1 amide bonds. The van der Waals surface area contributed by atoms with Crippen molar-refractivity contribution in [2.45, 2.75) is 26.3 Å². The minimum Gasteiger partial charge on any atom is -0.481 e. The normalized spacial score (nSPS) is 12.8. The molecule has 7 nitrogen and oxygen atoms in total. The first-order chi connectivity index (χ1) is 11.0. The van der Waals surface area contributed by atoms with E-state index in [0.29, 0.717) is 0 Å². The van der Waals surface area contributed by atoms with E-state index in [1.54, 1.807) is 10.6 Å². The zero-order valence-electron chi connectivity index (χ0n) is 12.9. The SMILES string of the molecule is CC(C)[C@@H](CC(=O)O)NC(=O)c1cc2[nH]c3ccccc3n2n1. The zero-order valence-corrected chi connectivity index (χ0v) is 12.9. The van der Waals surface area contributed by atoms with Gasteiger partial charge in [-0.1, -0.05) is 26.0 Å². The fourth-order valence-corrected chi connectivity index (χ4v) is 2.55. The third-order valence-corrected chi connectivity index (χ3v) is 3.85. The van der Waals surface area contributed by atoms with Crippen LogP contribution in [0.2, 0.25) is 0 Å². The number of benzene rings is 1. The summed E-state index contributed by atoms with van der Waals surface area (Å²) in [7, 11) is 0. The number of H-pyrrole nitrogens is 1. The molecule has 1 aromatic carbocycles. The van der Waals surface area contributed by atoms with Gasteiger partial charge in [-0.05, 0) is 18.1 Å². The van der Waals surface area contributed by atoms with Crippen LogP contribution in [0, 0.1) is 5.92 Å². The van der Waals surface area contributed by atoms with Crippen molar-refractivity contribution in [3.05, 3.63) is 36.0 Å². The molecule has 0 aliphatic carbocycles. The summed E-state index contributed by atoms with van der Waals surface area (Å²) in [5.74, 6) is -1.29. The Kier molecular flexibility index (Phi) is 3.77. The summed E-state index contributed by atoms with van der Waals surface area (Å²) in [5, 5.41) is 16.0. The first-order valence-electron chi connectivity index (χ1n) is 7.45. The fraction of sp³-hybridized carbons (Fsp3) is 0.312. The van der Waals surface area contributed by atoms with Gasteiger partial charge in [0, 0.05) is 12.1 Å². The minimum absolute atomic E-state index is 0.0170. The third kappa shape index (κ3) is 2.90. The number of aromatic nitrogens is 3. The van der Waals surface area contributed by atoms with Crippen molar-refractivity contribution in [1.82, 2.24) is 19.9 Å². The van der Waals surface area contributed by atoms with Crippen LogP contribution < -0.4 is 5.32 Å². The van der Waals surface area contributed by atoms with E-state index >= 15 is 0 Å². The molecular weight excluding hydrogens is 296 g/mol. The van der Waals surface area contributed by atoms with E-state index in [-0.39, 0.29) is 23.9 Å². The second kappa shape index (κ2) is 5.75. The standard InChI is InChI=1S/C16H18N4O3/c1-9(2)11(8-15(21)22)18-16(23)12-7-14-17-10-5-3-4-6-13(10)20(14)19-12/h3-7,9,11,17H,8H2,1-2H3,(H,18,23)(H,21,22)/t11-/m1/s1. The molecule has 0 bridgehead atoms. The summed E-state index contributed by atoms with van der Waals surface area (Å²) in [4.78, 5) is 26.4. The number of carbonyl (C=O) groups is 2. The quantitative estimate of drug-likeness (QED) is 0.671. The van der Waals surface area contributed by atoms with Gasteiger partial charge < -0.3 is 15.4 Å². The third-order valence-electron chi connectivity index (χ3n) is 3.85. The highest BCUT2D eigenvalue weighted by Crippen LogP contribution is 2.17. The molecule has 3 N–H and O–H groups in total. The number of aliphatic carboxylic acids is 1. The molecule has 0 unspecified atom stereocenters. The van der Waals surface area contributed by atoms with Crippen molar-refractivity contribution in [2.24, 2.45) is 5.92 Å². The first kappa shape index (κ1) is 15.1. The van der Waals surface area contributed by atoms with Crippen molar-refractivity contribution in [3.63, 3.8) is 0 Å². The van der Waals surface area contributed by atoms with E-state index in [1.807, 2.05) is 38.1 Å². The van der Waals surface area contributed by atoms with Gasteiger partial charge in [-0.25, -0.2) is 4.52 Å². The van der Waals surface area contributed by atoms with Crippen LogP contribution in [0.5, 0.6) is 0 Å². The monoisotopic (exact) mass is 314 g/mol. The summed E-state index contributed by atoms with van der Waals surface area (Å²) < 4.78 is 1.67. The van der Waals surface area contributed by atoms with Crippen molar-refractivity contribution in [3.8, 4) is 0 Å². The summed E-state index contributed by atoms with van der Waals surface area (Å²) in [6.07, 6.45) is -0.113. The molecule has 120 valence electrons. The number of fused-ring (bicyclic) bond motifs is 3. The van der Waals surface area contributed by atoms with E-state index < -0.39 is 12.0 Å². The number of amides is 1. The van der Waals surface area contributed by atoms with E-state index in [1.165, 1.54) is 0 Å². The summed E-state index contributed by atoms with van der Waals surface area (Å²) in [6.45, 7) is 3.75. The molecule has 0 spiro atoms. The molecule has 3 aromatic rings. The number of aromatic amines is 1. The molecule has 0 fully saturated rings. The molecule has 7 heteroatoms. The van der Waals surface area contributed by atoms with Crippen molar-refractivity contribution in [1.29, 1.82) is 0 Å². The topological polar surface area (TPSA) is 99.5 Å². The van der Waals surface area contributed by atoms with Crippen LogP contribution in [0.4, 0.5) is 0 Å². The minimum atomic E-state index is -0.938. The highest BCUT2D eigenvalue weighted by atomic mass is 16.4. The number of carboxylic acids is 1. The molecule has 2 heterocycles. The maximum atomic E-state index is 12.4. The molecule has 0 saturated carbocycles. The molecule has 1 atom stereocenters. The zero-order chi connectivity index (χ0) is 16.6. The molecule has 3 rings (SSSR count). The van der Waals surface area contributed by atoms with E-state index in [9.17, 15) is 9.59 Å². The number of carbonyl (C=O) groups excluding carboxylic acids is 1. The van der Waals surface area contributed by atoms with Gasteiger partial charge in [-0.3, -0.25) is 9.59 Å². The summed E-state index contributed by atoms with van der Waals surface area (Å²) in [6, 6.07) is 8.90. The lowest BCUT2D eigenvalue weighted by Gasteiger charge is -2.19. The molecule has 23 heavy (non-hydrogen) atoms. The van der Waals surface area contributed by atoms with Gasteiger partial charge in [0.1, 0.15) is 5.65 Å². The second-order valence-corrected chi connectivity index (χ2v) is 5.89. The molecule has 0 saturated heterocycles. The van der Waals surface area contributed by atoms with Gasteiger partial charge in [-0.2, -0.15) is 5.10 Å².